The van der Waals surface area contributed by atoms with Crippen molar-refractivity contribution in [2.75, 3.05) is 6.61 Å². The smallest absolute Gasteiger partial charge is 0.343 e. The first kappa shape index (κ1) is 21.1. The van der Waals surface area contributed by atoms with Crippen LogP contribution >= 0.6 is 0 Å². The van der Waals surface area contributed by atoms with Crippen LogP contribution in [-0.2, 0) is 0 Å². The van der Waals surface area contributed by atoms with Gasteiger partial charge in [0.15, 0.2) is 0 Å². The van der Waals surface area contributed by atoms with E-state index < -0.39 is 11.9 Å². The molecule has 1 aliphatic heterocycles. The molecule has 1 aliphatic rings. The topological polar surface area (TPSA) is 108 Å². The number of nitrogens with two attached hydrogens (primary N) is 1. The first-order chi connectivity index (χ1) is 15.5. The zero-order valence-electron chi connectivity index (χ0n) is 17.8. The predicted octanol–water partition coefficient (Wildman–Crippen LogP) is 4.81. The van der Waals surface area contributed by atoms with Crippen LogP contribution in [0.2, 0.25) is 0 Å². The molecule has 2 N–H and O–H groups in total. The second-order valence-corrected chi connectivity index (χ2v) is 7.34. The highest BCUT2D eigenvalue weighted by atomic mass is 16.5. The van der Waals surface area contributed by atoms with Gasteiger partial charge in [-0.25, -0.2) is 4.79 Å². The second-order valence-electron chi connectivity index (χ2n) is 7.34. The molecule has 0 aliphatic carbocycles. The molecule has 2 aromatic carbocycles. The van der Waals surface area contributed by atoms with Gasteiger partial charge in [-0.05, 0) is 55.8 Å². The molecule has 0 radical (unpaired) electrons. The van der Waals surface area contributed by atoms with Gasteiger partial charge in [-0.1, -0.05) is 13.0 Å². The molecule has 0 bridgehead atoms. The predicted molar refractivity (Wildman–Crippen MR) is 116 cm³/mol. The zero-order chi connectivity index (χ0) is 22.7. The average Bonchev–Trinajstić information content (AvgIpc) is 3.22. The molecule has 0 amide bonds. The molecule has 3 aromatic rings. The molecule has 32 heavy (non-hydrogen) atoms. The van der Waals surface area contributed by atoms with E-state index in [2.05, 4.69) is 6.07 Å². The van der Waals surface area contributed by atoms with E-state index in [9.17, 15) is 10.1 Å². The molecular formula is C25H22N2O5. The molecule has 1 atom stereocenters. The summed E-state index contributed by atoms with van der Waals surface area (Å²) in [6, 6.07) is 17.5. The van der Waals surface area contributed by atoms with E-state index in [4.69, 9.17) is 24.4 Å². The van der Waals surface area contributed by atoms with Gasteiger partial charge in [0.1, 0.15) is 40.4 Å². The van der Waals surface area contributed by atoms with Crippen molar-refractivity contribution in [3.8, 4) is 23.3 Å². The Morgan fingerprint density at radius 2 is 1.88 bits per heavy atom. The average molecular weight is 430 g/mol. The quantitative estimate of drug-likeness (QED) is 0.441. The first-order valence-electron chi connectivity index (χ1n) is 10.2. The molecule has 7 nitrogen and oxygen atoms in total. The Bertz CT molecular complexity index is 1220. The van der Waals surface area contributed by atoms with Gasteiger partial charge in [0.25, 0.3) is 0 Å². The molecule has 7 heteroatoms. The number of nitrogens with zero attached hydrogens (tertiary/aromatic N) is 1. The lowest BCUT2D eigenvalue weighted by atomic mass is 9.87. The van der Waals surface area contributed by atoms with Gasteiger partial charge in [-0.3, -0.25) is 0 Å². The Morgan fingerprint density at radius 3 is 2.53 bits per heavy atom. The second kappa shape index (κ2) is 8.90. The summed E-state index contributed by atoms with van der Waals surface area (Å²) >= 11 is 0. The van der Waals surface area contributed by atoms with Crippen molar-refractivity contribution in [2.24, 2.45) is 5.73 Å². The lowest BCUT2D eigenvalue weighted by Gasteiger charge is -2.25. The van der Waals surface area contributed by atoms with Crippen molar-refractivity contribution in [1.29, 1.82) is 5.26 Å². The molecule has 4 rings (SSSR count). The molecule has 162 valence electrons. The summed E-state index contributed by atoms with van der Waals surface area (Å²) < 4.78 is 22.5. The summed E-state index contributed by atoms with van der Waals surface area (Å²) in [4.78, 5) is 12.6. The number of benzene rings is 2. The van der Waals surface area contributed by atoms with E-state index in [1.54, 1.807) is 42.5 Å². The Kier molecular flexibility index (Phi) is 5.86. The number of nitriles is 1. The third kappa shape index (κ3) is 4.16. The van der Waals surface area contributed by atoms with Crippen LogP contribution in [0.15, 0.2) is 70.5 Å². The van der Waals surface area contributed by atoms with E-state index in [1.165, 1.54) is 0 Å². The van der Waals surface area contributed by atoms with E-state index >= 15 is 0 Å². The van der Waals surface area contributed by atoms with Crippen molar-refractivity contribution in [3.05, 3.63) is 88.7 Å². The Balaban J connectivity index is 1.57. The highest BCUT2D eigenvalue weighted by Gasteiger charge is 2.33. The van der Waals surface area contributed by atoms with Crippen molar-refractivity contribution in [1.82, 2.24) is 0 Å². The van der Waals surface area contributed by atoms with Gasteiger partial charge in [-0.2, -0.15) is 5.26 Å². The minimum atomic E-state index is -0.512. The maximum absolute atomic E-state index is 12.6. The Morgan fingerprint density at radius 1 is 1.12 bits per heavy atom. The maximum Gasteiger partial charge on any atom is 0.343 e. The molecule has 0 saturated carbocycles. The molecule has 0 saturated heterocycles. The third-order valence-corrected chi connectivity index (χ3v) is 5.01. The molecule has 1 aromatic heterocycles. The number of hydrogen-bond donors (Lipinski definition) is 1. The fraction of sp³-hybridized carbons (Fsp3) is 0.200. The Labute approximate surface area is 185 Å². The number of fused-ring (bicyclic) bond motifs is 1. The van der Waals surface area contributed by atoms with Crippen LogP contribution in [0.25, 0.3) is 0 Å². The number of carbonyl (C=O) groups excluding carboxylic acids is 1. The van der Waals surface area contributed by atoms with Crippen molar-refractivity contribution in [2.45, 2.75) is 26.2 Å². The van der Waals surface area contributed by atoms with Crippen LogP contribution in [0, 0.1) is 18.3 Å². The molecule has 1 unspecified atom stereocenters. The lowest BCUT2D eigenvalue weighted by Crippen LogP contribution is -2.21. The van der Waals surface area contributed by atoms with Gasteiger partial charge in [-0.15, -0.1) is 0 Å². The van der Waals surface area contributed by atoms with Crippen LogP contribution in [0.5, 0.6) is 17.2 Å². The van der Waals surface area contributed by atoms with E-state index in [-0.39, 0.29) is 11.5 Å². The van der Waals surface area contributed by atoms with E-state index in [0.717, 1.165) is 12.2 Å². The molecule has 2 heterocycles. The number of ether oxygens (including phenoxy) is 3. The summed E-state index contributed by atoms with van der Waals surface area (Å²) in [5, 5.41) is 9.60. The number of carbonyl (C=O) groups is 1. The summed E-state index contributed by atoms with van der Waals surface area (Å²) in [6.07, 6.45) is 0.903. The number of rotatable bonds is 6. The number of allylic oxidation sites excluding steroid dienone is 1. The highest BCUT2D eigenvalue weighted by molar-refractivity contribution is 5.91. The summed E-state index contributed by atoms with van der Waals surface area (Å²) in [5.74, 6) is 1.67. The minimum Gasteiger partial charge on any atom is -0.494 e. The lowest BCUT2D eigenvalue weighted by molar-refractivity contribution is 0.0734. The summed E-state index contributed by atoms with van der Waals surface area (Å²) in [5.41, 5.74) is 7.36. The van der Waals surface area contributed by atoms with Gasteiger partial charge < -0.3 is 24.4 Å². The van der Waals surface area contributed by atoms with Crippen molar-refractivity contribution >= 4 is 5.97 Å². The summed E-state index contributed by atoms with van der Waals surface area (Å²) in [7, 11) is 0. The largest absolute Gasteiger partial charge is 0.494 e. The molecule has 0 spiro atoms. The van der Waals surface area contributed by atoms with Crippen LogP contribution in [0.1, 0.15) is 46.7 Å². The normalized spacial score (nSPS) is 14.8. The molecular weight excluding hydrogens is 408 g/mol. The maximum atomic E-state index is 12.6. The SMILES string of the molecule is CCCOc1ccc(C(=O)Oc2ccc3c(c2)OC(N)=C(C#N)C3c2ccc(C)o2)cc1. The number of esters is 1. The number of furan rings is 1. The van der Waals surface area contributed by atoms with Crippen molar-refractivity contribution < 1.29 is 23.4 Å². The van der Waals surface area contributed by atoms with Gasteiger partial charge in [0.2, 0.25) is 5.88 Å². The van der Waals surface area contributed by atoms with Crippen LogP contribution in [0.4, 0.5) is 0 Å². The van der Waals surface area contributed by atoms with Crippen LogP contribution in [0.3, 0.4) is 0 Å². The highest BCUT2D eigenvalue weighted by Crippen LogP contribution is 2.43. The van der Waals surface area contributed by atoms with E-state index in [1.807, 2.05) is 26.0 Å². The fourth-order valence-electron chi connectivity index (χ4n) is 3.47. The zero-order valence-corrected chi connectivity index (χ0v) is 17.8. The van der Waals surface area contributed by atoms with Crippen molar-refractivity contribution in [3.63, 3.8) is 0 Å². The number of hydrogen-bond acceptors (Lipinski definition) is 7. The van der Waals surface area contributed by atoms with Gasteiger partial charge in [0.05, 0.1) is 18.1 Å². The Hall–Kier alpha value is -4.18. The van der Waals surface area contributed by atoms with Crippen LogP contribution < -0.4 is 19.9 Å². The number of aryl methyl sites for hydroxylation is 1. The molecule has 0 fully saturated rings. The summed E-state index contributed by atoms with van der Waals surface area (Å²) in [6.45, 7) is 4.47. The fourth-order valence-corrected chi connectivity index (χ4v) is 3.47. The monoisotopic (exact) mass is 430 g/mol. The van der Waals surface area contributed by atoms with Gasteiger partial charge >= 0.3 is 5.97 Å². The first-order valence-corrected chi connectivity index (χ1v) is 10.2. The van der Waals surface area contributed by atoms with Gasteiger partial charge in [0, 0.05) is 11.6 Å². The van der Waals surface area contributed by atoms with E-state index in [0.29, 0.717) is 40.7 Å². The third-order valence-electron chi connectivity index (χ3n) is 5.01. The standard InChI is InChI=1S/C25H22N2O5/c1-3-12-29-17-7-5-16(6-8-17)25(28)31-18-9-10-19-22(13-18)32-24(27)20(14-26)23(19)21-11-4-15(2)30-21/h4-11,13,23H,3,12,27H2,1-2H3. The van der Waals surface area contributed by atoms with Crippen LogP contribution in [-0.4, -0.2) is 12.6 Å². The minimum absolute atomic E-state index is 0.00908.